The third-order valence-corrected chi connectivity index (χ3v) is 2.84. The normalized spacial score (nSPS) is 10.4. The molecule has 5 heteroatoms. The van der Waals surface area contributed by atoms with Crippen molar-refractivity contribution in [2.45, 2.75) is 6.61 Å². The van der Waals surface area contributed by atoms with Crippen LogP contribution in [0.4, 0.5) is 8.78 Å². The van der Waals surface area contributed by atoms with E-state index < -0.39 is 18.2 Å². The van der Waals surface area contributed by atoms with Crippen molar-refractivity contribution in [1.82, 2.24) is 0 Å². The van der Waals surface area contributed by atoms with E-state index in [9.17, 15) is 8.78 Å². The Hall–Kier alpha value is -1.46. The molecule has 0 unspecified atom stereocenters. The third-order valence-electron chi connectivity index (χ3n) is 2.35. The molecule has 94 valence electrons. The number of hydrogen-bond acceptors (Lipinski definition) is 2. The Morgan fingerprint density at radius 3 is 2.50 bits per heavy atom. The Balaban J connectivity index is 2.37. The lowest BCUT2D eigenvalue weighted by Crippen LogP contribution is -1.96. The molecule has 0 heterocycles. The predicted octanol–water partition coefficient (Wildman–Crippen LogP) is 4.01. The molecule has 0 aliphatic rings. The van der Waals surface area contributed by atoms with Crippen LogP contribution in [0, 0.1) is 11.6 Å². The summed E-state index contributed by atoms with van der Waals surface area (Å²) in [5.74, 6) is -1.10. The molecule has 0 aromatic heterocycles. The van der Waals surface area contributed by atoms with Crippen molar-refractivity contribution in [3.8, 4) is 11.5 Å². The largest absolute Gasteiger partial charge is 0.454 e. The minimum Gasteiger partial charge on any atom is -0.454 e. The Bertz CT molecular complexity index is 573. The van der Waals surface area contributed by atoms with Crippen molar-refractivity contribution in [2.24, 2.45) is 0 Å². The molecular weight excluding hydrogens is 306 g/mol. The monoisotopic (exact) mass is 314 g/mol. The van der Waals surface area contributed by atoms with E-state index in [1.165, 1.54) is 30.3 Å². The molecule has 0 radical (unpaired) electrons. The van der Waals surface area contributed by atoms with Crippen LogP contribution in [0.25, 0.3) is 0 Å². The maximum Gasteiger partial charge on any atom is 0.166 e. The van der Waals surface area contributed by atoms with E-state index in [1.807, 2.05) is 0 Å². The highest BCUT2D eigenvalue weighted by atomic mass is 79.9. The molecule has 18 heavy (non-hydrogen) atoms. The van der Waals surface area contributed by atoms with Crippen LogP contribution in [0.5, 0.6) is 11.5 Å². The Morgan fingerprint density at radius 2 is 1.83 bits per heavy atom. The number of aliphatic hydroxyl groups excluding tert-OH is 1. The average Bonchev–Trinajstić information content (AvgIpc) is 2.33. The molecule has 0 saturated carbocycles. The molecule has 0 spiro atoms. The van der Waals surface area contributed by atoms with E-state index in [0.717, 1.165) is 0 Å². The number of ether oxygens (including phenoxy) is 1. The summed E-state index contributed by atoms with van der Waals surface area (Å²) in [6, 6.07) is 8.38. The van der Waals surface area contributed by atoms with Crippen LogP contribution in [-0.4, -0.2) is 5.11 Å². The van der Waals surface area contributed by atoms with Crippen molar-refractivity contribution in [3.05, 3.63) is 58.1 Å². The fraction of sp³-hybridized carbons (Fsp3) is 0.0769. The fourth-order valence-electron chi connectivity index (χ4n) is 1.46. The maximum atomic E-state index is 13.6. The van der Waals surface area contributed by atoms with E-state index in [1.54, 1.807) is 6.07 Å². The van der Waals surface area contributed by atoms with Gasteiger partial charge in [-0.1, -0.05) is 22.0 Å². The lowest BCUT2D eigenvalue weighted by Gasteiger charge is -2.11. The van der Waals surface area contributed by atoms with Crippen molar-refractivity contribution in [1.29, 1.82) is 0 Å². The van der Waals surface area contributed by atoms with Gasteiger partial charge < -0.3 is 9.84 Å². The van der Waals surface area contributed by atoms with Gasteiger partial charge >= 0.3 is 0 Å². The third kappa shape index (κ3) is 2.68. The highest BCUT2D eigenvalue weighted by Gasteiger charge is 2.11. The fourth-order valence-corrected chi connectivity index (χ4v) is 1.80. The molecule has 2 nitrogen and oxygen atoms in total. The number of halogens is 3. The molecular formula is C13H9BrF2O2. The zero-order chi connectivity index (χ0) is 13.1. The van der Waals surface area contributed by atoms with Gasteiger partial charge in [-0.3, -0.25) is 0 Å². The summed E-state index contributed by atoms with van der Waals surface area (Å²) in [7, 11) is 0. The Kier molecular flexibility index (Phi) is 3.93. The van der Waals surface area contributed by atoms with Crippen LogP contribution in [0.1, 0.15) is 5.56 Å². The standard InChI is InChI=1S/C13H9BrF2O2/c14-8-4-5-13(11(16)6-8)18-12-3-1-2-10(15)9(12)7-17/h1-6,17H,7H2. The molecule has 0 bridgehead atoms. The second-order valence-electron chi connectivity index (χ2n) is 3.55. The van der Waals surface area contributed by atoms with E-state index in [0.29, 0.717) is 4.47 Å². The lowest BCUT2D eigenvalue weighted by molar-refractivity contribution is 0.269. The quantitative estimate of drug-likeness (QED) is 0.927. The minimum absolute atomic E-state index is 0.000168. The van der Waals surface area contributed by atoms with E-state index in [2.05, 4.69) is 15.9 Å². The Morgan fingerprint density at radius 1 is 1.06 bits per heavy atom. The number of aliphatic hydroxyl groups is 1. The highest BCUT2D eigenvalue weighted by molar-refractivity contribution is 9.10. The summed E-state index contributed by atoms with van der Waals surface area (Å²) < 4.78 is 32.8. The lowest BCUT2D eigenvalue weighted by atomic mass is 10.2. The molecule has 0 atom stereocenters. The maximum absolute atomic E-state index is 13.6. The molecule has 2 aromatic rings. The summed E-state index contributed by atoms with van der Waals surface area (Å²) in [4.78, 5) is 0. The summed E-state index contributed by atoms with van der Waals surface area (Å²) in [6.07, 6.45) is 0. The van der Waals surface area contributed by atoms with Gasteiger partial charge in [0.2, 0.25) is 0 Å². The molecule has 0 amide bonds. The van der Waals surface area contributed by atoms with Gasteiger partial charge in [0, 0.05) is 4.47 Å². The van der Waals surface area contributed by atoms with Crippen LogP contribution in [-0.2, 0) is 6.61 Å². The van der Waals surface area contributed by atoms with Gasteiger partial charge in [0.05, 0.1) is 12.2 Å². The summed E-state index contributed by atoms with van der Waals surface area (Å²) in [5.41, 5.74) is -0.000168. The van der Waals surface area contributed by atoms with Gasteiger partial charge in [0.25, 0.3) is 0 Å². The van der Waals surface area contributed by atoms with Gasteiger partial charge in [-0.15, -0.1) is 0 Å². The van der Waals surface area contributed by atoms with Crippen LogP contribution in [0.3, 0.4) is 0 Å². The van der Waals surface area contributed by atoms with E-state index >= 15 is 0 Å². The van der Waals surface area contributed by atoms with Gasteiger partial charge in [-0.2, -0.15) is 0 Å². The first kappa shape index (κ1) is 13.0. The summed E-state index contributed by atoms with van der Waals surface area (Å²) >= 11 is 3.13. The van der Waals surface area contributed by atoms with Gasteiger partial charge in [0.15, 0.2) is 11.6 Å². The van der Waals surface area contributed by atoms with Crippen molar-refractivity contribution < 1.29 is 18.6 Å². The van der Waals surface area contributed by atoms with Gasteiger partial charge in [0.1, 0.15) is 11.6 Å². The van der Waals surface area contributed by atoms with Crippen LogP contribution in [0.2, 0.25) is 0 Å². The molecule has 0 saturated heterocycles. The molecule has 2 aromatic carbocycles. The molecule has 1 N–H and O–H groups in total. The number of rotatable bonds is 3. The minimum atomic E-state index is -0.590. The second-order valence-corrected chi connectivity index (χ2v) is 4.47. The topological polar surface area (TPSA) is 29.5 Å². The molecule has 0 aliphatic heterocycles. The first-order valence-electron chi connectivity index (χ1n) is 5.13. The smallest absolute Gasteiger partial charge is 0.166 e. The van der Waals surface area contributed by atoms with Crippen LogP contribution >= 0.6 is 15.9 Å². The summed E-state index contributed by atoms with van der Waals surface area (Å²) in [5, 5.41) is 9.07. The summed E-state index contributed by atoms with van der Waals surface area (Å²) in [6.45, 7) is -0.514. The SMILES string of the molecule is OCc1c(F)cccc1Oc1ccc(Br)cc1F. The van der Waals surface area contributed by atoms with Gasteiger partial charge in [-0.25, -0.2) is 8.78 Å². The van der Waals surface area contributed by atoms with E-state index in [-0.39, 0.29) is 17.1 Å². The van der Waals surface area contributed by atoms with E-state index in [4.69, 9.17) is 9.84 Å². The molecule has 2 rings (SSSR count). The second kappa shape index (κ2) is 5.46. The Labute approximate surface area is 111 Å². The number of hydrogen-bond donors (Lipinski definition) is 1. The van der Waals surface area contributed by atoms with Crippen LogP contribution < -0.4 is 4.74 Å². The first-order chi connectivity index (χ1) is 8.61. The van der Waals surface area contributed by atoms with Crippen molar-refractivity contribution >= 4 is 15.9 Å². The first-order valence-corrected chi connectivity index (χ1v) is 5.92. The van der Waals surface area contributed by atoms with Crippen molar-refractivity contribution in [2.75, 3.05) is 0 Å². The zero-order valence-electron chi connectivity index (χ0n) is 9.16. The molecule has 0 aliphatic carbocycles. The van der Waals surface area contributed by atoms with Gasteiger partial charge in [-0.05, 0) is 30.3 Å². The predicted molar refractivity (Wildman–Crippen MR) is 66.5 cm³/mol. The van der Waals surface area contributed by atoms with Crippen molar-refractivity contribution in [3.63, 3.8) is 0 Å². The highest BCUT2D eigenvalue weighted by Crippen LogP contribution is 2.30. The van der Waals surface area contributed by atoms with Crippen LogP contribution in [0.15, 0.2) is 40.9 Å². The number of benzene rings is 2. The molecule has 0 fully saturated rings. The zero-order valence-corrected chi connectivity index (χ0v) is 10.7. The average molecular weight is 315 g/mol.